The molecule has 38 heavy (non-hydrogen) atoms. The van der Waals surface area contributed by atoms with E-state index < -0.39 is 11.8 Å². The zero-order chi connectivity index (χ0) is 26.8. The molecule has 2 N–H and O–H groups in total. The van der Waals surface area contributed by atoms with E-state index in [-0.39, 0.29) is 24.3 Å². The summed E-state index contributed by atoms with van der Waals surface area (Å²) in [5.41, 5.74) is 3.41. The number of rotatable bonds is 7. The number of carbonyl (C=O) groups is 2. The molecule has 2 atom stereocenters. The van der Waals surface area contributed by atoms with Crippen molar-refractivity contribution in [3.05, 3.63) is 76.3 Å². The van der Waals surface area contributed by atoms with Gasteiger partial charge >= 0.3 is 5.76 Å². The molecule has 0 bridgehead atoms. The van der Waals surface area contributed by atoms with Crippen LogP contribution < -0.4 is 20.7 Å². The first-order valence-electron chi connectivity index (χ1n) is 12.7. The molecule has 196 valence electrons. The number of hydrogen-bond donors (Lipinski definition) is 2. The highest BCUT2D eigenvalue weighted by Gasteiger charge is 2.33. The number of methoxy groups -OCH3 is 1. The van der Waals surface area contributed by atoms with Crippen LogP contribution in [0.5, 0.6) is 5.75 Å². The van der Waals surface area contributed by atoms with Crippen LogP contribution in [0.15, 0.2) is 63.9 Å². The number of aryl methyl sites for hydroxylation is 1. The van der Waals surface area contributed by atoms with E-state index in [9.17, 15) is 14.4 Å². The van der Waals surface area contributed by atoms with Gasteiger partial charge < -0.3 is 15.0 Å². The highest BCUT2D eigenvalue weighted by molar-refractivity contribution is 6.01. The molecule has 0 unspecified atom stereocenters. The van der Waals surface area contributed by atoms with Gasteiger partial charge in [0.15, 0.2) is 5.82 Å². The number of carbonyl (C=O) groups excluding carboxylic acids is 2. The molecule has 0 aliphatic carbocycles. The van der Waals surface area contributed by atoms with E-state index in [0.29, 0.717) is 36.4 Å². The first kappa shape index (κ1) is 25.3. The van der Waals surface area contributed by atoms with Gasteiger partial charge in [0.1, 0.15) is 11.8 Å². The van der Waals surface area contributed by atoms with Crippen molar-refractivity contribution in [2.45, 2.75) is 45.7 Å². The van der Waals surface area contributed by atoms with Gasteiger partial charge in [-0.25, -0.2) is 4.79 Å². The lowest BCUT2D eigenvalue weighted by Crippen LogP contribution is -2.49. The lowest BCUT2D eigenvalue weighted by molar-refractivity contribution is -0.129. The molecule has 0 spiro atoms. The second-order valence-electron chi connectivity index (χ2n) is 9.59. The van der Waals surface area contributed by atoms with Crippen molar-refractivity contribution < 1.29 is 18.8 Å². The van der Waals surface area contributed by atoms with Gasteiger partial charge in [0.05, 0.1) is 13.7 Å². The zero-order valence-corrected chi connectivity index (χ0v) is 21.6. The number of nitrogens with one attached hydrogen (secondary N) is 2. The van der Waals surface area contributed by atoms with E-state index in [1.165, 1.54) is 0 Å². The maximum atomic E-state index is 14.0. The number of aromatic nitrogens is 2. The molecule has 1 aliphatic heterocycles. The molecule has 4 aromatic rings. The van der Waals surface area contributed by atoms with E-state index in [4.69, 9.17) is 4.74 Å². The van der Waals surface area contributed by atoms with Crippen LogP contribution in [-0.4, -0.2) is 35.1 Å². The summed E-state index contributed by atoms with van der Waals surface area (Å²) in [4.78, 5) is 42.4. The molecule has 0 saturated carbocycles. The highest BCUT2D eigenvalue weighted by Crippen LogP contribution is 2.35. The Morgan fingerprint density at radius 2 is 2.03 bits per heavy atom. The molecule has 5 rings (SSSR count). The molecule has 2 amide bonds. The Bertz CT molecular complexity index is 1560. The first-order chi connectivity index (χ1) is 18.4. The van der Waals surface area contributed by atoms with Crippen LogP contribution in [0, 0.1) is 5.92 Å². The Morgan fingerprint density at radius 3 is 2.76 bits per heavy atom. The smallest absolute Gasteiger partial charge is 0.439 e. The van der Waals surface area contributed by atoms with Crippen LogP contribution in [0.3, 0.4) is 0 Å². The van der Waals surface area contributed by atoms with E-state index >= 15 is 0 Å². The lowest BCUT2D eigenvalue weighted by Gasteiger charge is -2.28. The van der Waals surface area contributed by atoms with Crippen LogP contribution in [0.1, 0.15) is 37.8 Å². The third kappa shape index (κ3) is 4.79. The maximum absolute atomic E-state index is 14.0. The Hall–Kier alpha value is -4.40. The molecule has 2 heterocycles. The normalized spacial score (nSPS) is 16.1. The molecule has 0 radical (unpaired) electrons. The summed E-state index contributed by atoms with van der Waals surface area (Å²) < 4.78 is 10.4. The van der Waals surface area contributed by atoms with E-state index in [1.54, 1.807) is 12.0 Å². The zero-order valence-electron chi connectivity index (χ0n) is 21.6. The molecule has 1 aromatic heterocycles. The SMILES string of the molecule is CC[C@@H](C)C(=O)N[C@H]1CCc2ccccc2N(Cc2c(OC)ccc3cc(-c4noc(=O)[nH]4)ccc23)C1=O. The number of ether oxygens (including phenoxy) is 1. The van der Waals surface area contributed by atoms with Crippen molar-refractivity contribution in [1.29, 1.82) is 0 Å². The molecule has 3 aromatic carbocycles. The second kappa shape index (κ2) is 10.5. The van der Waals surface area contributed by atoms with Crippen molar-refractivity contribution in [2.75, 3.05) is 12.0 Å². The fraction of sp³-hybridized carbons (Fsp3) is 0.310. The lowest BCUT2D eigenvalue weighted by atomic mass is 9.99. The van der Waals surface area contributed by atoms with Crippen molar-refractivity contribution in [3.63, 3.8) is 0 Å². The van der Waals surface area contributed by atoms with Gasteiger partial charge in [-0.05, 0) is 53.8 Å². The Morgan fingerprint density at radius 1 is 1.21 bits per heavy atom. The van der Waals surface area contributed by atoms with Gasteiger partial charge in [-0.15, -0.1) is 0 Å². The Balaban J connectivity index is 1.56. The predicted molar refractivity (Wildman–Crippen MR) is 144 cm³/mol. The van der Waals surface area contributed by atoms with Crippen molar-refractivity contribution in [3.8, 4) is 17.1 Å². The Labute approximate surface area is 219 Å². The quantitative estimate of drug-likeness (QED) is 0.382. The van der Waals surface area contributed by atoms with Crippen LogP contribution in [-0.2, 0) is 22.6 Å². The fourth-order valence-electron chi connectivity index (χ4n) is 4.90. The summed E-state index contributed by atoms with van der Waals surface area (Å²) in [5.74, 6) is -0.0707. The number of fused-ring (bicyclic) bond motifs is 2. The summed E-state index contributed by atoms with van der Waals surface area (Å²) >= 11 is 0. The number of nitrogens with zero attached hydrogens (tertiary/aromatic N) is 2. The topological polar surface area (TPSA) is 118 Å². The molecule has 0 fully saturated rings. The van der Waals surface area contributed by atoms with Crippen molar-refractivity contribution in [1.82, 2.24) is 15.5 Å². The summed E-state index contributed by atoms with van der Waals surface area (Å²) in [5, 5.41) is 8.57. The van der Waals surface area contributed by atoms with Crippen LogP contribution >= 0.6 is 0 Å². The number of hydrogen-bond acceptors (Lipinski definition) is 6. The van der Waals surface area contributed by atoms with Crippen LogP contribution in [0.25, 0.3) is 22.2 Å². The van der Waals surface area contributed by atoms with E-state index in [2.05, 4.69) is 20.0 Å². The predicted octanol–water partition coefficient (Wildman–Crippen LogP) is 4.20. The molecular formula is C29H30N4O5. The molecule has 1 aliphatic rings. The first-order valence-corrected chi connectivity index (χ1v) is 12.7. The number of para-hydroxylation sites is 1. The minimum absolute atomic E-state index is 0.113. The van der Waals surface area contributed by atoms with E-state index in [1.807, 2.05) is 68.4 Å². The fourth-order valence-corrected chi connectivity index (χ4v) is 4.90. The largest absolute Gasteiger partial charge is 0.496 e. The van der Waals surface area contributed by atoms with E-state index in [0.717, 1.165) is 27.6 Å². The van der Waals surface area contributed by atoms with Gasteiger partial charge in [-0.1, -0.05) is 55.4 Å². The molecule has 9 heteroatoms. The second-order valence-corrected chi connectivity index (χ2v) is 9.59. The van der Waals surface area contributed by atoms with Crippen molar-refractivity contribution >= 4 is 28.3 Å². The number of aromatic amines is 1. The number of anilines is 1. The molecule has 0 saturated heterocycles. The number of H-pyrrole nitrogens is 1. The van der Waals surface area contributed by atoms with Crippen molar-refractivity contribution in [2.24, 2.45) is 5.92 Å². The summed E-state index contributed by atoms with van der Waals surface area (Å²) in [6.45, 7) is 4.08. The summed E-state index contributed by atoms with van der Waals surface area (Å²) in [6.07, 6.45) is 1.91. The third-order valence-corrected chi connectivity index (χ3v) is 7.26. The molecular weight excluding hydrogens is 484 g/mol. The summed E-state index contributed by atoms with van der Waals surface area (Å²) in [7, 11) is 1.60. The Kier molecular flexibility index (Phi) is 7.00. The summed E-state index contributed by atoms with van der Waals surface area (Å²) in [6, 6.07) is 16.7. The third-order valence-electron chi connectivity index (χ3n) is 7.26. The van der Waals surface area contributed by atoms with Crippen LogP contribution in [0.2, 0.25) is 0 Å². The minimum Gasteiger partial charge on any atom is -0.496 e. The standard InChI is InChI=1S/C29H30N4O5/c1-4-17(2)27(34)30-23-13-10-18-7-5-6-8-24(18)33(28(23)35)16-22-21-12-9-20(26-31-29(36)38-32-26)15-19(21)11-14-25(22)37-3/h5-9,11-12,14-15,17,23H,4,10,13,16H2,1-3H3,(H,30,34)(H,31,32,36)/t17-,23+/m1/s1. The van der Waals surface area contributed by atoms with Gasteiger partial charge in [0, 0.05) is 22.7 Å². The minimum atomic E-state index is -0.625. The highest BCUT2D eigenvalue weighted by atomic mass is 16.5. The van der Waals surface area contributed by atoms with Gasteiger partial charge in [-0.2, -0.15) is 0 Å². The maximum Gasteiger partial charge on any atom is 0.439 e. The number of amides is 2. The average Bonchev–Trinajstić information content (AvgIpc) is 3.33. The average molecular weight is 515 g/mol. The van der Waals surface area contributed by atoms with Gasteiger partial charge in [0.25, 0.3) is 0 Å². The van der Waals surface area contributed by atoms with Gasteiger partial charge in [-0.3, -0.25) is 19.1 Å². The monoisotopic (exact) mass is 514 g/mol. The number of benzene rings is 3. The van der Waals surface area contributed by atoms with Crippen LogP contribution in [0.4, 0.5) is 5.69 Å². The van der Waals surface area contributed by atoms with Gasteiger partial charge in [0.2, 0.25) is 11.8 Å². The molecule has 9 nitrogen and oxygen atoms in total.